The van der Waals surface area contributed by atoms with Gasteiger partial charge in [-0.25, -0.2) is 0 Å². The predicted octanol–water partition coefficient (Wildman–Crippen LogP) is 1.57. The lowest BCUT2D eigenvalue weighted by Gasteiger charge is -2.15. The highest BCUT2D eigenvalue weighted by Crippen LogP contribution is 2.25. The van der Waals surface area contributed by atoms with Crippen molar-refractivity contribution in [2.45, 2.75) is 20.5 Å². The van der Waals surface area contributed by atoms with E-state index in [0.29, 0.717) is 17.8 Å². The van der Waals surface area contributed by atoms with E-state index in [0.717, 1.165) is 22.4 Å². The molecule has 0 unspecified atom stereocenters. The highest BCUT2D eigenvalue weighted by atomic mass is 16.5. The summed E-state index contributed by atoms with van der Waals surface area (Å²) in [5.41, 5.74) is 3.31. The zero-order valence-electron chi connectivity index (χ0n) is 12.5. The first kappa shape index (κ1) is 15.4. The second-order valence-corrected chi connectivity index (χ2v) is 4.95. The summed E-state index contributed by atoms with van der Waals surface area (Å²) in [6, 6.07) is 11.0. The van der Waals surface area contributed by atoms with Crippen molar-refractivity contribution >= 4 is 12.6 Å². The summed E-state index contributed by atoms with van der Waals surface area (Å²) in [7, 11) is 0.0715. The molecule has 2 rings (SSSR count). The summed E-state index contributed by atoms with van der Waals surface area (Å²) in [6.45, 7) is 4.29. The molecule has 0 amide bonds. The molecule has 0 saturated heterocycles. The van der Waals surface area contributed by atoms with Crippen LogP contribution in [0.2, 0.25) is 0 Å². The molecule has 2 aromatic rings. The highest BCUT2D eigenvalue weighted by molar-refractivity contribution is 6.58. The van der Waals surface area contributed by atoms with Gasteiger partial charge in [0.1, 0.15) is 18.1 Å². The minimum atomic E-state index is -1.50. The lowest BCUT2D eigenvalue weighted by molar-refractivity contribution is 0.293. The molecular formula is C16H19BO4. The highest BCUT2D eigenvalue weighted by Gasteiger charge is 2.14. The van der Waals surface area contributed by atoms with Gasteiger partial charge < -0.3 is 19.5 Å². The Morgan fingerprint density at radius 1 is 1.05 bits per heavy atom. The normalized spacial score (nSPS) is 10.3. The Morgan fingerprint density at radius 2 is 1.71 bits per heavy atom. The quantitative estimate of drug-likeness (QED) is 0.819. The van der Waals surface area contributed by atoms with Gasteiger partial charge >= 0.3 is 7.12 Å². The Kier molecular flexibility index (Phi) is 4.88. The molecule has 0 aliphatic heterocycles. The molecule has 2 N–H and O–H groups in total. The average Bonchev–Trinajstić information content (AvgIpc) is 2.46. The van der Waals surface area contributed by atoms with Crippen LogP contribution in [0, 0.1) is 13.8 Å². The summed E-state index contributed by atoms with van der Waals surface area (Å²) >= 11 is 0. The van der Waals surface area contributed by atoms with Crippen molar-refractivity contribution in [3.8, 4) is 11.5 Å². The van der Waals surface area contributed by atoms with Crippen LogP contribution in [-0.4, -0.2) is 24.3 Å². The summed E-state index contributed by atoms with van der Waals surface area (Å²) in [6.07, 6.45) is 0. The Hall–Kier alpha value is -1.98. The van der Waals surface area contributed by atoms with Crippen LogP contribution < -0.4 is 14.9 Å². The van der Waals surface area contributed by atoms with E-state index < -0.39 is 7.12 Å². The monoisotopic (exact) mass is 286 g/mol. The molecule has 0 heterocycles. The maximum Gasteiger partial charge on any atom is 0.488 e. The van der Waals surface area contributed by atoms with Crippen LogP contribution in [-0.2, 0) is 6.61 Å². The number of benzene rings is 2. The summed E-state index contributed by atoms with van der Waals surface area (Å²) < 4.78 is 11.2. The molecule has 0 atom stereocenters. The van der Waals surface area contributed by atoms with Crippen molar-refractivity contribution in [3.05, 3.63) is 53.1 Å². The third kappa shape index (κ3) is 3.57. The molecule has 0 saturated carbocycles. The van der Waals surface area contributed by atoms with Crippen molar-refractivity contribution in [1.82, 2.24) is 0 Å². The third-order valence-corrected chi connectivity index (χ3v) is 3.38. The van der Waals surface area contributed by atoms with Gasteiger partial charge in [0.05, 0.1) is 7.11 Å². The molecule has 0 fully saturated rings. The minimum absolute atomic E-state index is 0.301. The molecule has 4 nitrogen and oxygen atoms in total. The lowest BCUT2D eigenvalue weighted by Crippen LogP contribution is -2.30. The van der Waals surface area contributed by atoms with Gasteiger partial charge in [-0.05, 0) is 36.5 Å². The second kappa shape index (κ2) is 6.65. The van der Waals surface area contributed by atoms with Crippen molar-refractivity contribution in [1.29, 1.82) is 0 Å². The van der Waals surface area contributed by atoms with E-state index in [4.69, 9.17) is 9.47 Å². The molecule has 0 aromatic heterocycles. The van der Waals surface area contributed by atoms with E-state index in [9.17, 15) is 10.0 Å². The van der Waals surface area contributed by atoms with Gasteiger partial charge in [0.15, 0.2) is 0 Å². The molecule has 21 heavy (non-hydrogen) atoms. The molecule has 5 heteroatoms. The number of aryl methyl sites for hydroxylation is 2. The van der Waals surface area contributed by atoms with Crippen molar-refractivity contribution in [2.24, 2.45) is 0 Å². The maximum atomic E-state index is 9.26. The molecule has 0 aliphatic carbocycles. The topological polar surface area (TPSA) is 58.9 Å². The van der Waals surface area contributed by atoms with Gasteiger partial charge in [-0.1, -0.05) is 30.3 Å². The van der Waals surface area contributed by atoms with E-state index in [-0.39, 0.29) is 0 Å². The largest absolute Gasteiger partial charge is 0.496 e. The van der Waals surface area contributed by atoms with Gasteiger partial charge in [-0.2, -0.15) is 0 Å². The predicted molar refractivity (Wildman–Crippen MR) is 83.1 cm³/mol. The number of rotatable bonds is 5. The zero-order chi connectivity index (χ0) is 15.4. The molecular weight excluding hydrogens is 267 g/mol. The van der Waals surface area contributed by atoms with Crippen LogP contribution >= 0.6 is 0 Å². The first-order chi connectivity index (χ1) is 10.0. The Balaban J connectivity index is 2.24. The lowest BCUT2D eigenvalue weighted by atomic mass is 9.79. The summed E-state index contributed by atoms with van der Waals surface area (Å²) in [4.78, 5) is 0. The minimum Gasteiger partial charge on any atom is -0.496 e. The number of methoxy groups -OCH3 is 1. The van der Waals surface area contributed by atoms with Crippen LogP contribution in [0.5, 0.6) is 11.5 Å². The van der Waals surface area contributed by atoms with Crippen molar-refractivity contribution < 1.29 is 19.5 Å². The standard InChI is InChI=1S/C16H19BO4/c1-11-5-4-6-12(2)16(11)21-10-13-9-14(17(18)19)7-8-15(13)20-3/h4-9,18-19H,10H2,1-3H3. The third-order valence-electron chi connectivity index (χ3n) is 3.38. The molecule has 0 bridgehead atoms. The fourth-order valence-corrected chi connectivity index (χ4v) is 2.25. The van der Waals surface area contributed by atoms with Crippen LogP contribution in [0.3, 0.4) is 0 Å². The fourth-order valence-electron chi connectivity index (χ4n) is 2.25. The zero-order valence-corrected chi connectivity index (χ0v) is 12.5. The van der Waals surface area contributed by atoms with E-state index in [1.165, 1.54) is 0 Å². The van der Waals surface area contributed by atoms with Gasteiger partial charge in [-0.15, -0.1) is 0 Å². The van der Waals surface area contributed by atoms with Gasteiger partial charge in [0.25, 0.3) is 0 Å². The average molecular weight is 286 g/mol. The number of hydrogen-bond donors (Lipinski definition) is 2. The van der Waals surface area contributed by atoms with Crippen LogP contribution in [0.4, 0.5) is 0 Å². The summed E-state index contributed by atoms with van der Waals surface area (Å²) in [5, 5.41) is 18.5. The Bertz CT molecular complexity index is 605. The molecule has 0 aliphatic rings. The smallest absolute Gasteiger partial charge is 0.488 e. The first-order valence-corrected chi connectivity index (χ1v) is 6.75. The van der Waals surface area contributed by atoms with Crippen LogP contribution in [0.25, 0.3) is 0 Å². The van der Waals surface area contributed by atoms with Gasteiger partial charge in [-0.3, -0.25) is 0 Å². The maximum absolute atomic E-state index is 9.26. The van der Waals surface area contributed by atoms with Gasteiger partial charge in [0, 0.05) is 5.56 Å². The van der Waals surface area contributed by atoms with E-state index >= 15 is 0 Å². The molecule has 0 radical (unpaired) electrons. The Morgan fingerprint density at radius 3 is 2.29 bits per heavy atom. The van der Waals surface area contributed by atoms with Crippen LogP contribution in [0.15, 0.2) is 36.4 Å². The number of ether oxygens (including phenoxy) is 2. The molecule has 0 spiro atoms. The van der Waals surface area contributed by atoms with E-state index in [1.807, 2.05) is 32.0 Å². The fraction of sp³-hybridized carbons (Fsp3) is 0.250. The van der Waals surface area contributed by atoms with E-state index in [1.54, 1.807) is 25.3 Å². The Labute approximate surface area is 125 Å². The number of hydrogen-bond acceptors (Lipinski definition) is 4. The molecule has 2 aromatic carbocycles. The van der Waals surface area contributed by atoms with Crippen LogP contribution in [0.1, 0.15) is 16.7 Å². The van der Waals surface area contributed by atoms with E-state index in [2.05, 4.69) is 0 Å². The second-order valence-electron chi connectivity index (χ2n) is 4.95. The van der Waals surface area contributed by atoms with Crippen molar-refractivity contribution in [2.75, 3.05) is 7.11 Å². The SMILES string of the molecule is COc1ccc(B(O)O)cc1COc1c(C)cccc1C. The van der Waals surface area contributed by atoms with Crippen molar-refractivity contribution in [3.63, 3.8) is 0 Å². The number of para-hydroxylation sites is 1. The summed E-state index contributed by atoms with van der Waals surface area (Å²) in [5.74, 6) is 1.50. The first-order valence-electron chi connectivity index (χ1n) is 6.75. The molecule has 110 valence electrons. The van der Waals surface area contributed by atoms with Gasteiger partial charge in [0.2, 0.25) is 0 Å².